The molecular formula is C15H15N3O3. The number of hydrogen-bond donors (Lipinski definition) is 3. The number of nitrogens with one attached hydrogen (secondary N) is 2. The second-order valence-electron chi connectivity index (χ2n) is 5.21. The van der Waals surface area contributed by atoms with Crippen LogP contribution in [0.4, 0.5) is 5.69 Å². The van der Waals surface area contributed by atoms with E-state index >= 15 is 0 Å². The summed E-state index contributed by atoms with van der Waals surface area (Å²) in [5, 5.41) is 18.8. The van der Waals surface area contributed by atoms with E-state index in [1.165, 1.54) is 0 Å². The van der Waals surface area contributed by atoms with Crippen LogP contribution in [0.25, 0.3) is 11.3 Å². The maximum absolute atomic E-state index is 12.1. The Hall–Kier alpha value is -2.63. The summed E-state index contributed by atoms with van der Waals surface area (Å²) in [5.41, 5.74) is 2.91. The van der Waals surface area contributed by atoms with Gasteiger partial charge in [-0.05, 0) is 13.3 Å². The van der Waals surface area contributed by atoms with Crippen LogP contribution in [0.1, 0.15) is 12.1 Å². The van der Waals surface area contributed by atoms with E-state index in [-0.39, 0.29) is 5.91 Å². The number of carboxylic acids is 1. The Kier molecular flexibility index (Phi) is 3.21. The number of anilines is 1. The standard InChI is InChI=1S/C15H15N3O3/c1-8-12(16-14(19)10-7-11(10)15(20)21)13(18-17-8)9-5-3-2-4-6-9/h2-6,10-11H,7H2,1H3,(H,16,19)(H,17,18)(H,20,21)/t10-,11-/m1/s1. The van der Waals surface area contributed by atoms with E-state index in [0.717, 1.165) is 11.3 Å². The predicted octanol–water partition coefficient (Wildman–Crippen LogP) is 2.04. The highest BCUT2D eigenvalue weighted by molar-refractivity contribution is 6.00. The summed E-state index contributed by atoms with van der Waals surface area (Å²) in [5.74, 6) is -2.18. The normalized spacial score (nSPS) is 20.0. The molecule has 0 saturated heterocycles. The first-order valence-corrected chi connectivity index (χ1v) is 6.72. The highest BCUT2D eigenvalue weighted by atomic mass is 16.4. The first kappa shape index (κ1) is 13.4. The maximum atomic E-state index is 12.1. The third-order valence-corrected chi connectivity index (χ3v) is 3.69. The molecule has 0 spiro atoms. The zero-order valence-corrected chi connectivity index (χ0v) is 11.5. The summed E-state index contributed by atoms with van der Waals surface area (Å²) >= 11 is 0. The number of carbonyl (C=O) groups is 2. The summed E-state index contributed by atoms with van der Waals surface area (Å²) in [4.78, 5) is 22.9. The summed E-state index contributed by atoms with van der Waals surface area (Å²) < 4.78 is 0. The summed E-state index contributed by atoms with van der Waals surface area (Å²) in [7, 11) is 0. The lowest BCUT2D eigenvalue weighted by atomic mass is 10.1. The van der Waals surface area contributed by atoms with Gasteiger partial charge in [0.05, 0.1) is 23.2 Å². The number of aromatic nitrogens is 2. The highest BCUT2D eigenvalue weighted by Gasteiger charge is 2.48. The fourth-order valence-corrected chi connectivity index (χ4v) is 2.36. The zero-order chi connectivity index (χ0) is 15.0. The van der Waals surface area contributed by atoms with Gasteiger partial charge in [0.2, 0.25) is 5.91 Å². The van der Waals surface area contributed by atoms with Gasteiger partial charge in [-0.3, -0.25) is 14.7 Å². The third-order valence-electron chi connectivity index (χ3n) is 3.69. The summed E-state index contributed by atoms with van der Waals surface area (Å²) in [6.45, 7) is 1.82. The van der Waals surface area contributed by atoms with E-state index < -0.39 is 17.8 Å². The van der Waals surface area contributed by atoms with Crippen molar-refractivity contribution in [3.8, 4) is 11.3 Å². The van der Waals surface area contributed by atoms with Crippen molar-refractivity contribution >= 4 is 17.6 Å². The van der Waals surface area contributed by atoms with Crippen LogP contribution in [0.3, 0.4) is 0 Å². The van der Waals surface area contributed by atoms with E-state index in [1.54, 1.807) is 0 Å². The molecule has 0 unspecified atom stereocenters. The second-order valence-corrected chi connectivity index (χ2v) is 5.21. The number of aromatic amines is 1. The predicted molar refractivity (Wildman–Crippen MR) is 76.6 cm³/mol. The van der Waals surface area contributed by atoms with E-state index in [2.05, 4.69) is 15.5 Å². The topological polar surface area (TPSA) is 95.1 Å². The van der Waals surface area contributed by atoms with Gasteiger partial charge in [0.1, 0.15) is 5.69 Å². The number of hydrogen-bond acceptors (Lipinski definition) is 3. The van der Waals surface area contributed by atoms with E-state index in [1.807, 2.05) is 37.3 Å². The van der Waals surface area contributed by atoms with Crippen molar-refractivity contribution in [3.63, 3.8) is 0 Å². The van der Waals surface area contributed by atoms with Gasteiger partial charge >= 0.3 is 5.97 Å². The monoisotopic (exact) mass is 285 g/mol. The zero-order valence-electron chi connectivity index (χ0n) is 11.5. The fourth-order valence-electron chi connectivity index (χ4n) is 2.36. The number of nitrogens with zero attached hydrogens (tertiary/aromatic N) is 1. The molecule has 21 heavy (non-hydrogen) atoms. The molecule has 2 aromatic rings. The first-order valence-electron chi connectivity index (χ1n) is 6.72. The van der Waals surface area contributed by atoms with Crippen LogP contribution < -0.4 is 5.32 Å². The number of aryl methyl sites for hydroxylation is 1. The van der Waals surface area contributed by atoms with Gasteiger partial charge in [-0.25, -0.2) is 0 Å². The average Bonchev–Trinajstić information content (AvgIpc) is 3.21. The van der Waals surface area contributed by atoms with Gasteiger partial charge in [-0.15, -0.1) is 0 Å². The molecular weight excluding hydrogens is 270 g/mol. The summed E-state index contributed by atoms with van der Waals surface area (Å²) in [6.07, 6.45) is 0.402. The number of carboxylic acid groups (broad SMARTS) is 1. The Balaban J connectivity index is 1.82. The van der Waals surface area contributed by atoms with Crippen LogP contribution in [0.2, 0.25) is 0 Å². The molecule has 1 fully saturated rings. The molecule has 1 amide bonds. The molecule has 0 aliphatic heterocycles. The molecule has 3 rings (SSSR count). The van der Waals surface area contributed by atoms with Crippen molar-refractivity contribution in [1.29, 1.82) is 0 Å². The maximum Gasteiger partial charge on any atom is 0.307 e. The van der Waals surface area contributed by atoms with Gasteiger partial charge in [-0.2, -0.15) is 5.10 Å². The molecule has 6 heteroatoms. The van der Waals surface area contributed by atoms with Crippen molar-refractivity contribution in [3.05, 3.63) is 36.0 Å². The molecule has 0 bridgehead atoms. The van der Waals surface area contributed by atoms with Crippen LogP contribution in [0, 0.1) is 18.8 Å². The van der Waals surface area contributed by atoms with E-state index in [0.29, 0.717) is 17.8 Å². The summed E-state index contributed by atoms with van der Waals surface area (Å²) in [6, 6.07) is 9.51. The Labute approximate surface area is 121 Å². The molecule has 3 N–H and O–H groups in total. The van der Waals surface area contributed by atoms with Crippen molar-refractivity contribution in [1.82, 2.24) is 10.2 Å². The van der Waals surface area contributed by atoms with Crippen molar-refractivity contribution < 1.29 is 14.7 Å². The van der Waals surface area contributed by atoms with Gasteiger partial charge < -0.3 is 10.4 Å². The number of rotatable bonds is 4. The van der Waals surface area contributed by atoms with Gasteiger partial charge in [0.15, 0.2) is 0 Å². The number of aliphatic carboxylic acids is 1. The van der Waals surface area contributed by atoms with Crippen LogP contribution in [0.15, 0.2) is 30.3 Å². The largest absolute Gasteiger partial charge is 0.481 e. The number of carbonyl (C=O) groups excluding carboxylic acids is 1. The molecule has 1 aromatic carbocycles. The molecule has 1 aliphatic rings. The lowest BCUT2D eigenvalue weighted by molar-refractivity contribution is -0.139. The first-order chi connectivity index (χ1) is 10.1. The van der Waals surface area contributed by atoms with Gasteiger partial charge in [-0.1, -0.05) is 30.3 Å². The van der Waals surface area contributed by atoms with Crippen molar-refractivity contribution in [2.24, 2.45) is 11.8 Å². The average molecular weight is 285 g/mol. The Morgan fingerprint density at radius 3 is 2.62 bits per heavy atom. The van der Waals surface area contributed by atoms with Gasteiger partial charge in [0, 0.05) is 5.56 Å². The molecule has 1 aromatic heterocycles. The molecule has 2 atom stereocenters. The second kappa shape index (κ2) is 5.05. The molecule has 1 saturated carbocycles. The van der Waals surface area contributed by atoms with Crippen molar-refractivity contribution in [2.75, 3.05) is 5.32 Å². The fraction of sp³-hybridized carbons (Fsp3) is 0.267. The minimum atomic E-state index is -0.914. The van der Waals surface area contributed by atoms with Gasteiger partial charge in [0.25, 0.3) is 0 Å². The van der Waals surface area contributed by atoms with Crippen LogP contribution in [0.5, 0.6) is 0 Å². The lowest BCUT2D eigenvalue weighted by Gasteiger charge is -2.06. The number of amides is 1. The van der Waals surface area contributed by atoms with Crippen LogP contribution >= 0.6 is 0 Å². The number of H-pyrrole nitrogens is 1. The van der Waals surface area contributed by atoms with E-state index in [9.17, 15) is 9.59 Å². The Morgan fingerprint density at radius 1 is 1.29 bits per heavy atom. The van der Waals surface area contributed by atoms with Crippen LogP contribution in [-0.2, 0) is 9.59 Å². The number of benzene rings is 1. The minimum Gasteiger partial charge on any atom is -0.481 e. The molecule has 6 nitrogen and oxygen atoms in total. The minimum absolute atomic E-state index is 0.260. The molecule has 0 radical (unpaired) electrons. The Bertz CT molecular complexity index is 693. The van der Waals surface area contributed by atoms with Crippen molar-refractivity contribution in [2.45, 2.75) is 13.3 Å². The Morgan fingerprint density at radius 2 is 2.00 bits per heavy atom. The van der Waals surface area contributed by atoms with E-state index in [4.69, 9.17) is 5.11 Å². The quantitative estimate of drug-likeness (QED) is 0.801. The molecule has 108 valence electrons. The SMILES string of the molecule is Cc1[nH]nc(-c2ccccc2)c1NC(=O)[C@@H]1C[C@H]1C(=O)O. The lowest BCUT2D eigenvalue weighted by Crippen LogP contribution is -2.17. The highest BCUT2D eigenvalue weighted by Crippen LogP contribution is 2.40. The molecule has 1 aliphatic carbocycles. The third kappa shape index (κ3) is 2.52. The smallest absolute Gasteiger partial charge is 0.307 e. The van der Waals surface area contributed by atoms with Crippen LogP contribution in [-0.4, -0.2) is 27.2 Å². The molecule has 1 heterocycles.